The third kappa shape index (κ3) is 3.93. The molecule has 0 radical (unpaired) electrons. The molecule has 1 fully saturated rings. The summed E-state index contributed by atoms with van der Waals surface area (Å²) < 4.78 is 5.81. The second kappa shape index (κ2) is 7.60. The van der Waals surface area contributed by atoms with E-state index in [-0.39, 0.29) is 0 Å². The summed E-state index contributed by atoms with van der Waals surface area (Å²) in [5.41, 5.74) is 1.08. The van der Waals surface area contributed by atoms with E-state index in [2.05, 4.69) is 35.2 Å². The van der Waals surface area contributed by atoms with Crippen molar-refractivity contribution < 1.29 is 4.74 Å². The van der Waals surface area contributed by atoms with Crippen LogP contribution in [0.4, 0.5) is 0 Å². The third-order valence-electron chi connectivity index (χ3n) is 4.26. The van der Waals surface area contributed by atoms with Crippen molar-refractivity contribution in [3.63, 3.8) is 0 Å². The van der Waals surface area contributed by atoms with Gasteiger partial charge in [-0.1, -0.05) is 6.92 Å². The maximum atomic E-state index is 5.81. The molecule has 1 aliphatic heterocycles. The minimum absolute atomic E-state index is 0.330. The first-order chi connectivity index (χ1) is 9.74. The lowest BCUT2D eigenvalue weighted by atomic mass is 10.1. The van der Waals surface area contributed by atoms with E-state index in [1.165, 1.54) is 19.4 Å². The average molecular weight is 277 g/mol. The Morgan fingerprint density at radius 1 is 1.50 bits per heavy atom. The Hall–Kier alpha value is -1.13. The highest BCUT2D eigenvalue weighted by molar-refractivity contribution is 5.21. The predicted molar refractivity (Wildman–Crippen MR) is 82.1 cm³/mol. The summed E-state index contributed by atoms with van der Waals surface area (Å²) in [7, 11) is 4.18. The number of aromatic nitrogens is 1. The summed E-state index contributed by atoms with van der Waals surface area (Å²) in [6, 6.07) is 5.11. The van der Waals surface area contributed by atoms with E-state index in [0.717, 1.165) is 30.9 Å². The monoisotopic (exact) mass is 277 g/mol. The fourth-order valence-corrected chi connectivity index (χ4v) is 2.90. The molecule has 0 aliphatic carbocycles. The Kier molecular flexibility index (Phi) is 5.80. The van der Waals surface area contributed by atoms with Gasteiger partial charge in [-0.25, -0.2) is 0 Å². The molecule has 1 aromatic rings. The zero-order valence-electron chi connectivity index (χ0n) is 12.9. The van der Waals surface area contributed by atoms with Crippen LogP contribution in [0.5, 0.6) is 5.75 Å². The van der Waals surface area contributed by atoms with E-state index >= 15 is 0 Å². The molecule has 2 atom stereocenters. The van der Waals surface area contributed by atoms with Crippen molar-refractivity contribution in [3.05, 3.63) is 24.0 Å². The summed E-state index contributed by atoms with van der Waals surface area (Å²) in [5.74, 6) is 0.875. The number of nitrogens with one attached hydrogen (secondary N) is 1. The lowest BCUT2D eigenvalue weighted by Gasteiger charge is -2.19. The van der Waals surface area contributed by atoms with E-state index in [9.17, 15) is 0 Å². The quantitative estimate of drug-likeness (QED) is 0.831. The second-order valence-corrected chi connectivity index (χ2v) is 5.58. The average Bonchev–Trinajstić information content (AvgIpc) is 2.87. The normalized spacial score (nSPS) is 21.1. The van der Waals surface area contributed by atoms with Crippen LogP contribution in [-0.4, -0.2) is 43.2 Å². The van der Waals surface area contributed by atoms with Crippen LogP contribution < -0.4 is 10.1 Å². The zero-order valence-corrected chi connectivity index (χ0v) is 12.9. The molecular formula is C16H27N3O. The van der Waals surface area contributed by atoms with Gasteiger partial charge in [-0.3, -0.25) is 4.98 Å². The van der Waals surface area contributed by atoms with Crippen molar-refractivity contribution in [1.82, 2.24) is 15.2 Å². The molecule has 4 heteroatoms. The van der Waals surface area contributed by atoms with Gasteiger partial charge >= 0.3 is 0 Å². The molecule has 0 saturated carbocycles. The number of rotatable bonds is 7. The topological polar surface area (TPSA) is 37.4 Å². The van der Waals surface area contributed by atoms with Gasteiger partial charge in [0.15, 0.2) is 0 Å². The van der Waals surface area contributed by atoms with Gasteiger partial charge in [-0.2, -0.15) is 0 Å². The summed E-state index contributed by atoms with van der Waals surface area (Å²) in [6.45, 7) is 4.16. The molecule has 0 amide bonds. The first-order valence-electron chi connectivity index (χ1n) is 7.70. The van der Waals surface area contributed by atoms with Crippen LogP contribution >= 0.6 is 0 Å². The van der Waals surface area contributed by atoms with E-state index in [1.54, 1.807) is 0 Å². The fraction of sp³-hybridized carbons (Fsp3) is 0.688. The summed E-state index contributed by atoms with van der Waals surface area (Å²) in [4.78, 5) is 6.92. The van der Waals surface area contributed by atoms with Crippen LogP contribution in [0.2, 0.25) is 0 Å². The van der Waals surface area contributed by atoms with Gasteiger partial charge in [0, 0.05) is 12.1 Å². The number of hydrogen-bond acceptors (Lipinski definition) is 4. The number of hydrogen-bond donors (Lipinski definition) is 1. The molecular weight excluding hydrogens is 250 g/mol. The van der Waals surface area contributed by atoms with Crippen molar-refractivity contribution in [3.8, 4) is 5.75 Å². The lowest BCUT2D eigenvalue weighted by molar-refractivity contribution is 0.233. The Bertz CT molecular complexity index is 389. The minimum Gasteiger partial charge on any atom is -0.492 e. The van der Waals surface area contributed by atoms with Crippen molar-refractivity contribution in [2.24, 2.45) is 0 Å². The molecule has 2 unspecified atom stereocenters. The zero-order chi connectivity index (χ0) is 14.4. The summed E-state index contributed by atoms with van der Waals surface area (Å²) in [5, 5.41) is 3.26. The fourth-order valence-electron chi connectivity index (χ4n) is 2.90. The van der Waals surface area contributed by atoms with E-state index in [0.29, 0.717) is 12.1 Å². The molecule has 1 saturated heterocycles. The van der Waals surface area contributed by atoms with Crippen molar-refractivity contribution in [2.45, 2.75) is 44.7 Å². The highest BCUT2D eigenvalue weighted by Crippen LogP contribution is 2.19. The highest BCUT2D eigenvalue weighted by atomic mass is 16.5. The van der Waals surface area contributed by atoms with E-state index < -0.39 is 0 Å². The number of nitrogens with zero attached hydrogens (tertiary/aromatic N) is 2. The predicted octanol–water partition coefficient (Wildman–Crippen LogP) is 2.62. The van der Waals surface area contributed by atoms with Crippen LogP contribution in [0.3, 0.4) is 0 Å². The Morgan fingerprint density at radius 3 is 2.90 bits per heavy atom. The Morgan fingerprint density at radius 2 is 2.35 bits per heavy atom. The van der Waals surface area contributed by atoms with Gasteiger partial charge in [0.2, 0.25) is 0 Å². The smallest absolute Gasteiger partial charge is 0.137 e. The standard InChI is InChI=1S/C16H27N3O/c1-4-15(17-2)16-8-7-14(12-18-16)20-11-9-13-6-5-10-19(13)3/h7-8,12-13,15,17H,4-6,9-11H2,1-3H3. The van der Waals surface area contributed by atoms with Crippen LogP contribution in [0.15, 0.2) is 18.3 Å². The number of pyridine rings is 1. The lowest BCUT2D eigenvalue weighted by Crippen LogP contribution is -2.26. The van der Waals surface area contributed by atoms with Gasteiger partial charge < -0.3 is 15.0 Å². The Labute approximate surface area is 122 Å². The van der Waals surface area contributed by atoms with Crippen molar-refractivity contribution >= 4 is 0 Å². The van der Waals surface area contributed by atoms with Gasteiger partial charge in [-0.05, 0) is 58.5 Å². The van der Waals surface area contributed by atoms with Crippen LogP contribution in [0, 0.1) is 0 Å². The van der Waals surface area contributed by atoms with Gasteiger partial charge in [0.1, 0.15) is 5.75 Å². The Balaban J connectivity index is 1.78. The third-order valence-corrected chi connectivity index (χ3v) is 4.26. The maximum absolute atomic E-state index is 5.81. The molecule has 4 nitrogen and oxygen atoms in total. The van der Waals surface area contributed by atoms with Crippen molar-refractivity contribution in [2.75, 3.05) is 27.2 Å². The largest absolute Gasteiger partial charge is 0.492 e. The van der Waals surface area contributed by atoms with E-state index in [4.69, 9.17) is 4.74 Å². The van der Waals surface area contributed by atoms with Crippen LogP contribution in [0.25, 0.3) is 0 Å². The minimum atomic E-state index is 0.330. The first-order valence-corrected chi connectivity index (χ1v) is 7.70. The SMILES string of the molecule is CCC(NC)c1ccc(OCCC2CCCN2C)cn1. The molecule has 2 rings (SSSR count). The highest BCUT2D eigenvalue weighted by Gasteiger charge is 2.20. The van der Waals surface area contributed by atoms with Crippen LogP contribution in [0.1, 0.15) is 44.3 Å². The van der Waals surface area contributed by atoms with Crippen molar-refractivity contribution in [1.29, 1.82) is 0 Å². The second-order valence-electron chi connectivity index (χ2n) is 5.58. The summed E-state index contributed by atoms with van der Waals surface area (Å²) >= 11 is 0. The molecule has 1 aromatic heterocycles. The number of ether oxygens (including phenoxy) is 1. The molecule has 2 heterocycles. The molecule has 0 spiro atoms. The molecule has 1 aliphatic rings. The number of likely N-dealkylation sites (tertiary alicyclic amines) is 1. The van der Waals surface area contributed by atoms with E-state index in [1.807, 2.05) is 19.3 Å². The first kappa shape index (κ1) is 15.3. The maximum Gasteiger partial charge on any atom is 0.137 e. The summed E-state index contributed by atoms with van der Waals surface area (Å²) in [6.07, 6.45) is 6.61. The van der Waals surface area contributed by atoms with Gasteiger partial charge in [-0.15, -0.1) is 0 Å². The molecule has 0 aromatic carbocycles. The molecule has 20 heavy (non-hydrogen) atoms. The van der Waals surface area contributed by atoms with Gasteiger partial charge in [0.05, 0.1) is 18.5 Å². The van der Waals surface area contributed by atoms with Gasteiger partial charge in [0.25, 0.3) is 0 Å². The van der Waals surface area contributed by atoms with Crippen LogP contribution in [-0.2, 0) is 0 Å². The molecule has 112 valence electrons. The molecule has 0 bridgehead atoms. The molecule has 1 N–H and O–H groups in total.